The van der Waals surface area contributed by atoms with Crippen LogP contribution in [0.4, 0.5) is 5.82 Å². The van der Waals surface area contributed by atoms with Gasteiger partial charge in [0.2, 0.25) is 5.91 Å². The van der Waals surface area contributed by atoms with E-state index in [1.165, 1.54) is 0 Å². The molecule has 3 N–H and O–H groups in total. The molecule has 26 heavy (non-hydrogen) atoms. The van der Waals surface area contributed by atoms with Crippen molar-refractivity contribution in [1.29, 1.82) is 0 Å². The van der Waals surface area contributed by atoms with Gasteiger partial charge in [-0.05, 0) is 33.8 Å². The number of carbonyl (C=O) groups excluding carboxylic acids is 1. The Balaban J connectivity index is 0.00000261. The van der Waals surface area contributed by atoms with E-state index in [1.807, 2.05) is 33.8 Å². The first-order chi connectivity index (χ1) is 12.3. The van der Waals surface area contributed by atoms with E-state index in [4.69, 9.17) is 11.6 Å². The van der Waals surface area contributed by atoms with E-state index in [-0.39, 0.29) is 10.2 Å². The Morgan fingerprint density at radius 3 is 2.85 bits per heavy atom. The zero-order valence-electron chi connectivity index (χ0n) is 15.1. The van der Waals surface area contributed by atoms with Gasteiger partial charge in [-0.25, -0.2) is 15.0 Å². The number of nitrogens with one attached hydrogen (secondary N) is 3. The van der Waals surface area contributed by atoms with Gasteiger partial charge in [0.1, 0.15) is 17.0 Å². The SMILES string of the molecule is CCNC(=O)C(C)(C)Nc1nc(-c2c[nH]c3ncc(Cl)cc23)ncc1C.[HH].[HH].[HH]. The van der Waals surface area contributed by atoms with E-state index >= 15 is 0 Å². The molecule has 3 heterocycles. The molecule has 7 nitrogen and oxygen atoms in total. The summed E-state index contributed by atoms with van der Waals surface area (Å²) in [5.41, 5.74) is 1.55. The van der Waals surface area contributed by atoms with Gasteiger partial charge in [-0.3, -0.25) is 4.79 Å². The van der Waals surface area contributed by atoms with Gasteiger partial charge in [-0.2, -0.15) is 0 Å². The third kappa shape index (κ3) is 3.48. The Hall–Kier alpha value is -2.67. The fourth-order valence-corrected chi connectivity index (χ4v) is 2.75. The lowest BCUT2D eigenvalue weighted by Gasteiger charge is -2.26. The number of nitrogens with zero attached hydrogens (tertiary/aromatic N) is 3. The largest absolute Gasteiger partial charge is 0.356 e. The fourth-order valence-electron chi connectivity index (χ4n) is 2.60. The summed E-state index contributed by atoms with van der Waals surface area (Å²) in [7, 11) is 0. The van der Waals surface area contributed by atoms with E-state index in [1.54, 1.807) is 18.6 Å². The van der Waals surface area contributed by atoms with Crippen LogP contribution in [0.1, 0.15) is 30.6 Å². The van der Waals surface area contributed by atoms with Crippen LogP contribution in [0.5, 0.6) is 0 Å². The lowest BCUT2D eigenvalue weighted by molar-refractivity contribution is -0.124. The Labute approximate surface area is 161 Å². The molecule has 0 aliphatic rings. The van der Waals surface area contributed by atoms with Crippen LogP contribution >= 0.6 is 11.6 Å². The highest BCUT2D eigenvalue weighted by atomic mass is 35.5. The van der Waals surface area contributed by atoms with Crippen molar-refractivity contribution in [2.75, 3.05) is 11.9 Å². The van der Waals surface area contributed by atoms with Crippen molar-refractivity contribution in [2.24, 2.45) is 0 Å². The molecule has 142 valence electrons. The number of H-pyrrole nitrogens is 1. The number of pyridine rings is 1. The molecule has 8 heteroatoms. The minimum atomic E-state index is -0.808. The predicted molar refractivity (Wildman–Crippen MR) is 110 cm³/mol. The highest BCUT2D eigenvalue weighted by molar-refractivity contribution is 6.31. The number of amides is 1. The number of aromatic amines is 1. The van der Waals surface area contributed by atoms with Crippen molar-refractivity contribution in [2.45, 2.75) is 33.2 Å². The number of hydrogen-bond donors (Lipinski definition) is 3. The summed E-state index contributed by atoms with van der Waals surface area (Å²) in [5.74, 6) is 1.04. The Morgan fingerprint density at radius 1 is 1.35 bits per heavy atom. The summed E-state index contributed by atoms with van der Waals surface area (Å²) in [4.78, 5) is 28.7. The fraction of sp³-hybridized carbons (Fsp3) is 0.333. The van der Waals surface area contributed by atoms with E-state index in [0.717, 1.165) is 16.5 Å². The van der Waals surface area contributed by atoms with Crippen molar-refractivity contribution < 1.29 is 9.07 Å². The summed E-state index contributed by atoms with van der Waals surface area (Å²) in [6.07, 6.45) is 5.12. The molecule has 0 bridgehead atoms. The second-order valence-electron chi connectivity index (χ2n) is 6.59. The monoisotopic (exact) mass is 378 g/mol. The summed E-state index contributed by atoms with van der Waals surface area (Å²) in [6, 6.07) is 1.82. The molecule has 3 rings (SSSR count). The number of rotatable bonds is 5. The van der Waals surface area contributed by atoms with Crippen molar-refractivity contribution in [3.8, 4) is 11.4 Å². The van der Waals surface area contributed by atoms with Crippen molar-refractivity contribution in [3.63, 3.8) is 0 Å². The average Bonchev–Trinajstić information content (AvgIpc) is 3.00. The summed E-state index contributed by atoms with van der Waals surface area (Å²) in [5, 5.41) is 7.43. The Bertz CT molecular complexity index is 979. The predicted octanol–water partition coefficient (Wildman–Crippen LogP) is 4.05. The molecule has 0 aromatic carbocycles. The standard InChI is InChI=1S/C18H21ClN6O.3H2/c1-5-20-17(26)18(3,4)25-14-10(2)7-21-16(24-14)13-9-23-15-12(13)6-11(19)8-22-15;;;/h6-9H,5H2,1-4H3,(H,20,26)(H,22,23)(H,21,24,25);3*1H. The van der Waals surface area contributed by atoms with Gasteiger partial charge < -0.3 is 15.6 Å². The number of hydrogen-bond acceptors (Lipinski definition) is 5. The number of aromatic nitrogens is 4. The van der Waals surface area contributed by atoms with Crippen LogP contribution in [0.3, 0.4) is 0 Å². The minimum absolute atomic E-state index is 0. The molecular formula is C18H27ClN6O. The number of anilines is 1. The van der Waals surface area contributed by atoms with Crippen LogP contribution in [0, 0.1) is 6.92 Å². The third-order valence-corrected chi connectivity index (χ3v) is 4.25. The van der Waals surface area contributed by atoms with Gasteiger partial charge >= 0.3 is 0 Å². The molecule has 0 saturated heterocycles. The molecule has 0 radical (unpaired) electrons. The summed E-state index contributed by atoms with van der Waals surface area (Å²) < 4.78 is 0. The van der Waals surface area contributed by atoms with Crippen molar-refractivity contribution in [1.82, 2.24) is 25.3 Å². The first-order valence-corrected chi connectivity index (χ1v) is 8.72. The molecule has 0 atom stereocenters. The van der Waals surface area contributed by atoms with Gasteiger partial charge in [0, 0.05) is 45.9 Å². The maximum absolute atomic E-state index is 12.3. The molecule has 3 aromatic heterocycles. The minimum Gasteiger partial charge on any atom is -0.356 e. The molecule has 0 unspecified atom stereocenters. The van der Waals surface area contributed by atoms with Crippen LogP contribution in [0.25, 0.3) is 22.4 Å². The number of likely N-dealkylation sites (N-methyl/N-ethyl adjacent to an activating group) is 1. The lowest BCUT2D eigenvalue weighted by Crippen LogP contribution is -2.48. The smallest absolute Gasteiger partial charge is 0.245 e. The van der Waals surface area contributed by atoms with Crippen molar-refractivity contribution in [3.05, 3.63) is 35.2 Å². The van der Waals surface area contributed by atoms with E-state index in [9.17, 15) is 4.79 Å². The second kappa shape index (κ2) is 6.92. The van der Waals surface area contributed by atoms with E-state index in [2.05, 4.69) is 30.6 Å². The number of aryl methyl sites for hydroxylation is 1. The topological polar surface area (TPSA) is 95.6 Å². The molecule has 0 saturated carbocycles. The van der Waals surface area contributed by atoms with Gasteiger partial charge in [-0.1, -0.05) is 11.6 Å². The number of carbonyl (C=O) groups is 1. The second-order valence-corrected chi connectivity index (χ2v) is 7.02. The zero-order chi connectivity index (χ0) is 18.9. The average molecular weight is 379 g/mol. The zero-order valence-corrected chi connectivity index (χ0v) is 15.9. The van der Waals surface area contributed by atoms with Crippen LogP contribution in [-0.4, -0.2) is 37.9 Å². The summed E-state index contributed by atoms with van der Waals surface area (Å²) in [6.45, 7) is 7.98. The van der Waals surface area contributed by atoms with Crippen LogP contribution in [0.15, 0.2) is 24.7 Å². The quantitative estimate of drug-likeness (QED) is 0.622. The highest BCUT2D eigenvalue weighted by Gasteiger charge is 2.28. The molecule has 3 aromatic rings. The molecular weight excluding hydrogens is 352 g/mol. The summed E-state index contributed by atoms with van der Waals surface area (Å²) >= 11 is 6.07. The van der Waals surface area contributed by atoms with Crippen LogP contribution < -0.4 is 10.6 Å². The molecule has 0 fully saturated rings. The number of fused-ring (bicyclic) bond motifs is 1. The maximum atomic E-state index is 12.3. The van der Waals surface area contributed by atoms with Crippen LogP contribution in [0.2, 0.25) is 5.02 Å². The van der Waals surface area contributed by atoms with Crippen LogP contribution in [-0.2, 0) is 4.79 Å². The molecule has 0 aliphatic carbocycles. The molecule has 0 spiro atoms. The lowest BCUT2D eigenvalue weighted by atomic mass is 10.0. The first kappa shape index (κ1) is 18.1. The Morgan fingerprint density at radius 2 is 2.12 bits per heavy atom. The molecule has 1 amide bonds. The highest BCUT2D eigenvalue weighted by Crippen LogP contribution is 2.28. The Kier molecular flexibility index (Phi) is 4.82. The van der Waals surface area contributed by atoms with Gasteiger partial charge in [-0.15, -0.1) is 0 Å². The van der Waals surface area contributed by atoms with Gasteiger partial charge in [0.05, 0.1) is 5.02 Å². The molecule has 0 aliphatic heterocycles. The van der Waals surface area contributed by atoms with Gasteiger partial charge in [0.25, 0.3) is 0 Å². The third-order valence-electron chi connectivity index (χ3n) is 4.05. The van der Waals surface area contributed by atoms with E-state index in [0.29, 0.717) is 28.9 Å². The van der Waals surface area contributed by atoms with E-state index < -0.39 is 5.54 Å². The number of halogens is 1. The first-order valence-electron chi connectivity index (χ1n) is 8.35. The normalized spacial score (nSPS) is 11.6. The van der Waals surface area contributed by atoms with Crippen molar-refractivity contribution >= 4 is 34.4 Å². The maximum Gasteiger partial charge on any atom is 0.245 e. The van der Waals surface area contributed by atoms with Gasteiger partial charge in [0.15, 0.2) is 5.82 Å².